The molecule has 24 heavy (non-hydrogen) atoms. The molecule has 1 amide bonds. The summed E-state index contributed by atoms with van der Waals surface area (Å²) in [7, 11) is 0. The summed E-state index contributed by atoms with van der Waals surface area (Å²) < 4.78 is 13.4. The van der Waals surface area contributed by atoms with Crippen LogP contribution < -0.4 is 15.3 Å². The van der Waals surface area contributed by atoms with Gasteiger partial charge in [0, 0.05) is 37.2 Å². The van der Waals surface area contributed by atoms with Crippen LogP contribution in [0.15, 0.2) is 36.7 Å². The Kier molecular flexibility index (Phi) is 3.53. The molecule has 1 aromatic carbocycles. The van der Waals surface area contributed by atoms with Crippen LogP contribution >= 0.6 is 0 Å². The van der Waals surface area contributed by atoms with E-state index in [4.69, 9.17) is 5.21 Å². The first-order chi connectivity index (χ1) is 11.7. The van der Waals surface area contributed by atoms with Gasteiger partial charge in [-0.05, 0) is 24.6 Å². The minimum Gasteiger partial charge on any atom is -0.365 e. The Bertz CT molecular complexity index is 769. The molecular formula is C16H16FN5O2. The smallest absolute Gasteiger partial charge is 0.277 e. The number of anilines is 2. The van der Waals surface area contributed by atoms with E-state index in [0.717, 1.165) is 25.2 Å². The van der Waals surface area contributed by atoms with Crippen molar-refractivity contribution in [3.8, 4) is 0 Å². The topological polar surface area (TPSA) is 81.6 Å². The molecule has 0 spiro atoms. The molecular weight excluding hydrogens is 313 g/mol. The van der Waals surface area contributed by atoms with Crippen LogP contribution in [0.2, 0.25) is 0 Å². The fraction of sp³-hybridized carbons (Fsp3) is 0.312. The van der Waals surface area contributed by atoms with Gasteiger partial charge < -0.3 is 9.80 Å². The van der Waals surface area contributed by atoms with Gasteiger partial charge in [0.25, 0.3) is 5.91 Å². The second-order valence-corrected chi connectivity index (χ2v) is 6.04. The third-order valence-corrected chi connectivity index (χ3v) is 4.64. The average molecular weight is 329 g/mol. The highest BCUT2D eigenvalue weighted by Crippen LogP contribution is 2.36. The number of halogens is 1. The van der Waals surface area contributed by atoms with Gasteiger partial charge in [-0.3, -0.25) is 10.0 Å². The summed E-state index contributed by atoms with van der Waals surface area (Å²) in [5, 5.41) is 8.61. The van der Waals surface area contributed by atoms with Crippen LogP contribution in [0.5, 0.6) is 0 Å². The van der Waals surface area contributed by atoms with Crippen molar-refractivity contribution in [3.63, 3.8) is 0 Å². The minimum absolute atomic E-state index is 0.201. The van der Waals surface area contributed by atoms with Crippen molar-refractivity contribution >= 4 is 17.5 Å². The Balaban J connectivity index is 1.49. The molecule has 2 bridgehead atoms. The van der Waals surface area contributed by atoms with Gasteiger partial charge in [-0.15, -0.1) is 0 Å². The fourth-order valence-corrected chi connectivity index (χ4v) is 3.53. The van der Waals surface area contributed by atoms with E-state index in [1.165, 1.54) is 18.5 Å². The lowest BCUT2D eigenvalue weighted by Crippen LogP contribution is -2.47. The zero-order valence-corrected chi connectivity index (χ0v) is 12.8. The fourth-order valence-electron chi connectivity index (χ4n) is 3.53. The van der Waals surface area contributed by atoms with Crippen molar-refractivity contribution in [2.45, 2.75) is 18.5 Å². The molecule has 2 aliphatic rings. The van der Waals surface area contributed by atoms with E-state index in [1.807, 2.05) is 6.07 Å². The molecule has 2 aromatic rings. The Hall–Kier alpha value is -2.74. The Morgan fingerprint density at radius 2 is 1.92 bits per heavy atom. The first-order valence-corrected chi connectivity index (χ1v) is 7.71. The zero-order valence-electron chi connectivity index (χ0n) is 12.8. The zero-order chi connectivity index (χ0) is 16.7. The van der Waals surface area contributed by atoms with Crippen LogP contribution in [0, 0.1) is 5.82 Å². The number of piperazine rings is 1. The van der Waals surface area contributed by atoms with Crippen LogP contribution in [0.4, 0.5) is 16.0 Å². The highest BCUT2D eigenvalue weighted by molar-refractivity contribution is 5.92. The monoisotopic (exact) mass is 329 g/mol. The number of hydroxylamine groups is 1. The van der Waals surface area contributed by atoms with Crippen LogP contribution in [0.25, 0.3) is 0 Å². The van der Waals surface area contributed by atoms with E-state index in [0.29, 0.717) is 12.0 Å². The Morgan fingerprint density at radius 1 is 1.21 bits per heavy atom. The van der Waals surface area contributed by atoms with Gasteiger partial charge in [0.05, 0.1) is 11.6 Å². The molecule has 2 aliphatic heterocycles. The Labute approximate surface area is 137 Å². The molecule has 3 heterocycles. The first-order valence-electron chi connectivity index (χ1n) is 7.71. The average Bonchev–Trinajstić information content (AvgIpc) is 3.22. The molecule has 8 heteroatoms. The molecule has 2 N–H and O–H groups in total. The van der Waals surface area contributed by atoms with Crippen molar-refractivity contribution in [1.29, 1.82) is 0 Å². The first kappa shape index (κ1) is 14.8. The van der Waals surface area contributed by atoms with Crippen LogP contribution in [0.3, 0.4) is 0 Å². The number of aromatic nitrogens is 2. The van der Waals surface area contributed by atoms with Gasteiger partial charge >= 0.3 is 0 Å². The number of amides is 1. The van der Waals surface area contributed by atoms with E-state index >= 15 is 0 Å². The number of carbonyl (C=O) groups excluding carboxylic acids is 1. The number of hydrogen-bond donors (Lipinski definition) is 2. The van der Waals surface area contributed by atoms with Crippen LogP contribution in [-0.2, 0) is 0 Å². The molecule has 0 saturated carbocycles. The number of benzene rings is 1. The maximum Gasteiger partial charge on any atom is 0.277 e. The summed E-state index contributed by atoms with van der Waals surface area (Å²) in [6, 6.07) is 7.21. The number of rotatable bonds is 3. The molecule has 2 unspecified atom stereocenters. The van der Waals surface area contributed by atoms with E-state index in [1.54, 1.807) is 17.6 Å². The lowest BCUT2D eigenvalue weighted by atomic mass is 10.2. The summed E-state index contributed by atoms with van der Waals surface area (Å²) in [4.78, 5) is 24.1. The highest BCUT2D eigenvalue weighted by Gasteiger charge is 2.44. The van der Waals surface area contributed by atoms with Crippen molar-refractivity contribution in [2.24, 2.45) is 0 Å². The third kappa shape index (κ3) is 2.44. The van der Waals surface area contributed by atoms with Crippen molar-refractivity contribution in [3.05, 3.63) is 48.0 Å². The summed E-state index contributed by atoms with van der Waals surface area (Å²) in [5.41, 5.74) is 2.66. The van der Waals surface area contributed by atoms with Gasteiger partial charge in [0.15, 0.2) is 0 Å². The summed E-state index contributed by atoms with van der Waals surface area (Å²) in [5.74, 6) is -0.300. The third-order valence-electron chi connectivity index (χ3n) is 4.64. The molecule has 7 nitrogen and oxygen atoms in total. The summed E-state index contributed by atoms with van der Waals surface area (Å²) >= 11 is 0. The normalized spacial score (nSPS) is 22.1. The van der Waals surface area contributed by atoms with E-state index in [-0.39, 0.29) is 17.4 Å². The number of carbonyl (C=O) groups is 1. The van der Waals surface area contributed by atoms with Crippen molar-refractivity contribution in [2.75, 3.05) is 22.9 Å². The van der Waals surface area contributed by atoms with Crippen LogP contribution in [0.1, 0.15) is 16.8 Å². The van der Waals surface area contributed by atoms with Crippen molar-refractivity contribution < 1.29 is 14.4 Å². The molecule has 2 fully saturated rings. The molecule has 2 saturated heterocycles. The predicted octanol–water partition coefficient (Wildman–Crippen LogP) is 1.20. The standard InChI is InChI=1S/C16H16FN5O2/c17-11-2-1-3-12(4-11)21-8-14-5-13(21)9-22(14)16-18-6-10(7-19-16)15(23)20-24/h1-4,6-7,13-14,24H,5,8-9H2,(H,20,23). The quantitative estimate of drug-likeness (QED) is 0.650. The SMILES string of the molecule is O=C(NO)c1cnc(N2CC3CC2CN3c2cccc(F)c2)nc1. The van der Waals surface area contributed by atoms with Gasteiger partial charge in [0.1, 0.15) is 5.82 Å². The molecule has 124 valence electrons. The van der Waals surface area contributed by atoms with Gasteiger partial charge in [0.2, 0.25) is 5.95 Å². The number of hydrogen-bond acceptors (Lipinski definition) is 6. The van der Waals surface area contributed by atoms with Crippen LogP contribution in [-0.4, -0.2) is 46.3 Å². The molecule has 2 atom stereocenters. The van der Waals surface area contributed by atoms with Crippen molar-refractivity contribution in [1.82, 2.24) is 15.4 Å². The molecule has 0 aliphatic carbocycles. The second-order valence-electron chi connectivity index (χ2n) is 6.04. The second kappa shape index (κ2) is 5.72. The minimum atomic E-state index is -0.637. The Morgan fingerprint density at radius 3 is 2.54 bits per heavy atom. The number of fused-ring (bicyclic) bond motifs is 2. The lowest BCUT2D eigenvalue weighted by Gasteiger charge is -2.35. The van der Waals surface area contributed by atoms with E-state index < -0.39 is 5.91 Å². The maximum atomic E-state index is 13.4. The molecule has 0 radical (unpaired) electrons. The highest BCUT2D eigenvalue weighted by atomic mass is 19.1. The number of nitrogens with one attached hydrogen (secondary N) is 1. The summed E-state index contributed by atoms with van der Waals surface area (Å²) in [6.45, 7) is 1.54. The van der Waals surface area contributed by atoms with Gasteiger partial charge in [-0.1, -0.05) is 6.07 Å². The van der Waals surface area contributed by atoms with E-state index in [2.05, 4.69) is 19.8 Å². The lowest BCUT2D eigenvalue weighted by molar-refractivity contribution is 0.0705. The van der Waals surface area contributed by atoms with Gasteiger partial charge in [-0.25, -0.2) is 19.8 Å². The molecule has 1 aromatic heterocycles. The van der Waals surface area contributed by atoms with E-state index in [9.17, 15) is 9.18 Å². The van der Waals surface area contributed by atoms with Gasteiger partial charge in [-0.2, -0.15) is 0 Å². The predicted molar refractivity (Wildman–Crippen MR) is 84.6 cm³/mol. The maximum absolute atomic E-state index is 13.4. The largest absolute Gasteiger partial charge is 0.365 e. The molecule has 4 rings (SSSR count). The summed E-state index contributed by atoms with van der Waals surface area (Å²) in [6.07, 6.45) is 3.76. The number of nitrogens with zero attached hydrogens (tertiary/aromatic N) is 4.